The van der Waals surface area contributed by atoms with E-state index in [0.717, 1.165) is 0 Å². The van der Waals surface area contributed by atoms with Crippen LogP contribution in [-0.4, -0.2) is 197 Å². The maximum absolute atomic E-state index is 11.7. The fraction of sp³-hybridized carbons (Fsp3) is 0.957. The van der Waals surface area contributed by atoms with E-state index in [1.807, 2.05) is 0 Å². The van der Waals surface area contributed by atoms with Gasteiger partial charge in [-0.15, -0.1) is 0 Å². The second-order valence-corrected chi connectivity index (χ2v) is 10.7. The monoisotopic (exact) mass is 634 g/mol. The first kappa shape index (κ1) is 34.6. The molecular weight excluding hydrogens is 596 g/mol. The largest absolute Gasteiger partial charge is 0.479 e. The topological polar surface area (TPSA) is 324 Å². The molecule has 0 aromatic carbocycles. The van der Waals surface area contributed by atoms with Gasteiger partial charge in [0.05, 0.1) is 19.3 Å². The summed E-state index contributed by atoms with van der Waals surface area (Å²) in [6.07, 6.45) is -34.4. The molecule has 43 heavy (non-hydrogen) atoms. The molecule has 4 aliphatic heterocycles. The molecule has 0 aromatic heterocycles. The van der Waals surface area contributed by atoms with E-state index in [4.69, 9.17) is 33.2 Å². The van der Waals surface area contributed by atoms with E-state index in [2.05, 4.69) is 0 Å². The van der Waals surface area contributed by atoms with Crippen LogP contribution in [0.3, 0.4) is 0 Å². The molecule has 0 saturated carbocycles. The Hall–Kier alpha value is -1.25. The third-order valence-electron chi connectivity index (χ3n) is 7.74. The van der Waals surface area contributed by atoms with Gasteiger partial charge in [0.25, 0.3) is 0 Å². The molecule has 250 valence electrons. The van der Waals surface area contributed by atoms with Gasteiger partial charge in [-0.2, -0.15) is 0 Å². The lowest BCUT2D eigenvalue weighted by atomic mass is 9.96. The zero-order valence-corrected chi connectivity index (χ0v) is 22.5. The Bertz CT molecular complexity index is 927. The van der Waals surface area contributed by atoms with E-state index >= 15 is 0 Å². The Morgan fingerprint density at radius 2 is 1.23 bits per heavy atom. The summed E-state index contributed by atoms with van der Waals surface area (Å²) in [5, 5.41) is 123. The van der Waals surface area contributed by atoms with E-state index in [9.17, 15) is 66.1 Å². The van der Waals surface area contributed by atoms with Crippen molar-refractivity contribution in [3.8, 4) is 0 Å². The second kappa shape index (κ2) is 14.0. The van der Waals surface area contributed by atoms with Crippen LogP contribution in [0.4, 0.5) is 0 Å². The van der Waals surface area contributed by atoms with Crippen molar-refractivity contribution < 1.29 is 99.2 Å². The number of rotatable bonds is 8. The van der Waals surface area contributed by atoms with Crippen LogP contribution < -0.4 is 0 Å². The fourth-order valence-electron chi connectivity index (χ4n) is 5.16. The van der Waals surface area contributed by atoms with E-state index in [1.54, 1.807) is 0 Å². The van der Waals surface area contributed by atoms with Crippen molar-refractivity contribution in [3.05, 3.63) is 0 Å². The van der Waals surface area contributed by atoms with Crippen LogP contribution in [0.5, 0.6) is 0 Å². The van der Waals surface area contributed by atoms with E-state index in [-0.39, 0.29) is 0 Å². The van der Waals surface area contributed by atoms with Crippen LogP contribution in [0.15, 0.2) is 0 Å². The molecule has 4 aliphatic rings. The Morgan fingerprint density at radius 1 is 0.651 bits per heavy atom. The molecule has 20 heteroatoms. The summed E-state index contributed by atoms with van der Waals surface area (Å²) in [7, 11) is 0. The van der Waals surface area contributed by atoms with Gasteiger partial charge in [-0.05, 0) is 6.92 Å². The van der Waals surface area contributed by atoms with Gasteiger partial charge in [0.15, 0.2) is 31.3 Å². The number of carboxylic acids is 1. The Labute approximate surface area is 242 Å². The van der Waals surface area contributed by atoms with E-state index < -0.39 is 136 Å². The molecule has 0 aromatic rings. The minimum atomic E-state index is -2.22. The first-order valence-corrected chi connectivity index (χ1v) is 13.4. The lowest BCUT2D eigenvalue weighted by Gasteiger charge is -2.48. The molecule has 12 N–H and O–H groups in total. The van der Waals surface area contributed by atoms with Gasteiger partial charge in [-0.3, -0.25) is 0 Å². The highest BCUT2D eigenvalue weighted by molar-refractivity contribution is 5.73. The number of ether oxygens (including phenoxy) is 7. The maximum Gasteiger partial charge on any atom is 0.335 e. The number of aliphatic hydroxyl groups is 11. The summed E-state index contributed by atoms with van der Waals surface area (Å²) in [4.78, 5) is 11.7. The first-order valence-electron chi connectivity index (χ1n) is 13.4. The molecule has 4 fully saturated rings. The third kappa shape index (κ3) is 6.96. The van der Waals surface area contributed by atoms with Crippen LogP contribution >= 0.6 is 0 Å². The number of carboxylic acid groups (broad SMARTS) is 1. The normalized spacial score (nSPS) is 53.0. The molecule has 4 heterocycles. The lowest BCUT2D eigenvalue weighted by Crippen LogP contribution is -2.67. The van der Waals surface area contributed by atoms with Gasteiger partial charge in [0, 0.05) is 0 Å². The molecule has 0 amide bonds. The van der Waals surface area contributed by atoms with Crippen LogP contribution in [0.1, 0.15) is 6.92 Å². The van der Waals surface area contributed by atoms with Crippen LogP contribution in [-0.2, 0) is 38.0 Å². The molecule has 0 radical (unpaired) electrons. The van der Waals surface area contributed by atoms with Gasteiger partial charge in [-0.1, -0.05) is 0 Å². The SMILES string of the molecule is C[C@@H]1O[C@@H](O[C@@H]2[C@@H](O)[C@H](O[C@@H]3[C@@H](O[C@@H]4OC[C@@H](O)[C@H](O)[C@H]4O)[C@H](O)[C@@H](C(=O)O)O[C@H]3O)O[C@H](CO)[C@H]2O)[C@H](O)[C@H](O)[C@H]1O. The maximum atomic E-state index is 11.7. The van der Waals surface area contributed by atoms with Crippen molar-refractivity contribution in [2.45, 2.75) is 124 Å². The predicted molar refractivity (Wildman–Crippen MR) is 127 cm³/mol. The number of hydrogen-bond donors (Lipinski definition) is 12. The van der Waals surface area contributed by atoms with Gasteiger partial charge < -0.3 is 94.4 Å². The molecule has 4 rings (SSSR count). The molecule has 0 unspecified atom stereocenters. The van der Waals surface area contributed by atoms with Gasteiger partial charge in [-0.25, -0.2) is 4.79 Å². The minimum absolute atomic E-state index is 0.544. The Kier molecular flexibility index (Phi) is 11.3. The number of carbonyl (C=O) groups is 1. The zero-order valence-electron chi connectivity index (χ0n) is 22.5. The number of aliphatic hydroxyl groups excluding tert-OH is 11. The predicted octanol–water partition coefficient (Wildman–Crippen LogP) is -7.99. The number of hydrogen-bond acceptors (Lipinski definition) is 19. The molecule has 0 aliphatic carbocycles. The first-order chi connectivity index (χ1) is 20.2. The summed E-state index contributed by atoms with van der Waals surface area (Å²) in [6.45, 7) is -0.0882. The molecule has 20 nitrogen and oxygen atoms in total. The quantitative estimate of drug-likeness (QED) is 0.118. The highest BCUT2D eigenvalue weighted by Crippen LogP contribution is 2.34. The summed E-state index contributed by atoms with van der Waals surface area (Å²) >= 11 is 0. The summed E-state index contributed by atoms with van der Waals surface area (Å²) in [5.74, 6) is -1.74. The summed E-state index contributed by atoms with van der Waals surface area (Å²) < 4.78 is 37.4. The summed E-state index contributed by atoms with van der Waals surface area (Å²) in [5.41, 5.74) is 0. The van der Waals surface area contributed by atoms with Gasteiger partial charge in [0.2, 0.25) is 0 Å². The minimum Gasteiger partial charge on any atom is -0.479 e. The Balaban J connectivity index is 1.56. The van der Waals surface area contributed by atoms with Gasteiger partial charge in [0.1, 0.15) is 79.4 Å². The fourth-order valence-corrected chi connectivity index (χ4v) is 5.16. The van der Waals surface area contributed by atoms with Crippen molar-refractivity contribution >= 4 is 5.97 Å². The highest BCUT2D eigenvalue weighted by atomic mass is 16.8. The van der Waals surface area contributed by atoms with Gasteiger partial charge >= 0.3 is 5.97 Å². The molecule has 0 bridgehead atoms. The van der Waals surface area contributed by atoms with Crippen molar-refractivity contribution in [1.82, 2.24) is 0 Å². The average Bonchev–Trinajstić information content (AvgIpc) is 2.96. The summed E-state index contributed by atoms with van der Waals surface area (Å²) in [6, 6.07) is 0. The standard InChI is InChI=1S/C23H38O20/c1-4-7(26)10(29)12(31)22(38-4)41-15-9(28)6(2-24)39-23(14(15)33)43-18-16(13(32)17(19(34)35)40-20(18)36)42-21-11(30)8(27)5(25)3-37-21/h4-18,20-33,36H,2-3H2,1H3,(H,34,35)/t4-,5+,6+,7-,8-,9+,10+,11+,12+,13-,14+,15-,16-,17-,18+,20+,21-,22-,23-/m0/s1. The molecule has 19 atom stereocenters. The average molecular weight is 635 g/mol. The lowest BCUT2D eigenvalue weighted by molar-refractivity contribution is -0.391. The molecule has 4 saturated heterocycles. The van der Waals surface area contributed by atoms with Crippen molar-refractivity contribution in [2.75, 3.05) is 13.2 Å². The van der Waals surface area contributed by atoms with E-state index in [0.29, 0.717) is 0 Å². The molecular formula is C23H38O20. The zero-order chi connectivity index (χ0) is 31.9. The highest BCUT2D eigenvalue weighted by Gasteiger charge is 2.56. The van der Waals surface area contributed by atoms with Crippen molar-refractivity contribution in [1.29, 1.82) is 0 Å². The van der Waals surface area contributed by atoms with Crippen LogP contribution in [0.25, 0.3) is 0 Å². The third-order valence-corrected chi connectivity index (χ3v) is 7.74. The van der Waals surface area contributed by atoms with E-state index in [1.165, 1.54) is 6.92 Å². The van der Waals surface area contributed by atoms with Crippen molar-refractivity contribution in [2.24, 2.45) is 0 Å². The van der Waals surface area contributed by atoms with Crippen LogP contribution in [0.2, 0.25) is 0 Å². The van der Waals surface area contributed by atoms with Crippen molar-refractivity contribution in [3.63, 3.8) is 0 Å². The Morgan fingerprint density at radius 3 is 1.86 bits per heavy atom. The smallest absolute Gasteiger partial charge is 0.335 e. The number of aliphatic carboxylic acids is 1. The van der Waals surface area contributed by atoms with Crippen LogP contribution in [0, 0.1) is 0 Å². The molecule has 0 spiro atoms. The second-order valence-electron chi connectivity index (χ2n) is 10.7.